The highest BCUT2D eigenvalue weighted by Gasteiger charge is 2.32. The zero-order valence-electron chi connectivity index (χ0n) is 18.7. The molecular formula is C30H30O2. The summed E-state index contributed by atoms with van der Waals surface area (Å²) in [6.07, 6.45) is 5.24. The summed E-state index contributed by atoms with van der Waals surface area (Å²) >= 11 is 0. The molecule has 4 aromatic carbocycles. The molecule has 0 bridgehead atoms. The molecule has 1 heterocycles. The summed E-state index contributed by atoms with van der Waals surface area (Å²) in [5, 5.41) is 4.89. The van der Waals surface area contributed by atoms with Gasteiger partial charge in [-0.3, -0.25) is 0 Å². The molecule has 6 rings (SSSR count). The van der Waals surface area contributed by atoms with Crippen molar-refractivity contribution < 1.29 is 9.47 Å². The van der Waals surface area contributed by atoms with Gasteiger partial charge in [-0.2, -0.15) is 0 Å². The predicted molar refractivity (Wildman–Crippen MR) is 132 cm³/mol. The van der Waals surface area contributed by atoms with Crippen molar-refractivity contribution in [3.8, 4) is 22.6 Å². The molecule has 1 saturated carbocycles. The lowest BCUT2D eigenvalue weighted by atomic mass is 9.90. The third-order valence-electron chi connectivity index (χ3n) is 7.76. The average Bonchev–Trinajstić information content (AvgIpc) is 3.34. The van der Waals surface area contributed by atoms with Crippen LogP contribution in [0.4, 0.5) is 0 Å². The van der Waals surface area contributed by atoms with E-state index in [1.54, 1.807) is 0 Å². The van der Waals surface area contributed by atoms with Crippen LogP contribution >= 0.6 is 0 Å². The van der Waals surface area contributed by atoms with Crippen LogP contribution in [0.5, 0.6) is 11.5 Å². The molecule has 1 aliphatic heterocycles. The van der Waals surface area contributed by atoms with E-state index < -0.39 is 0 Å². The topological polar surface area (TPSA) is 18.5 Å². The van der Waals surface area contributed by atoms with E-state index in [0.29, 0.717) is 11.8 Å². The molecular weight excluding hydrogens is 392 g/mol. The van der Waals surface area contributed by atoms with Crippen molar-refractivity contribution >= 4 is 21.5 Å². The van der Waals surface area contributed by atoms with Crippen molar-refractivity contribution in [3.63, 3.8) is 0 Å². The van der Waals surface area contributed by atoms with Crippen molar-refractivity contribution in [3.05, 3.63) is 72.8 Å². The first-order chi connectivity index (χ1) is 15.8. The normalized spacial score (nSPS) is 21.2. The molecule has 1 aliphatic carbocycles. The van der Waals surface area contributed by atoms with E-state index in [4.69, 9.17) is 9.47 Å². The van der Waals surface area contributed by atoms with Gasteiger partial charge >= 0.3 is 0 Å². The highest BCUT2D eigenvalue weighted by atomic mass is 16.5. The summed E-state index contributed by atoms with van der Waals surface area (Å²) in [5.74, 6) is 3.91. The van der Waals surface area contributed by atoms with Crippen LogP contribution in [0.15, 0.2) is 72.8 Å². The van der Waals surface area contributed by atoms with Gasteiger partial charge in [-0.05, 0) is 58.4 Å². The highest BCUT2D eigenvalue weighted by molar-refractivity contribution is 6.09. The average molecular weight is 423 g/mol. The fraction of sp³-hybridized carbons (Fsp3) is 0.333. The number of rotatable bonds is 2. The molecule has 0 saturated heterocycles. The Morgan fingerprint density at radius 1 is 0.656 bits per heavy atom. The second-order valence-electron chi connectivity index (χ2n) is 9.55. The van der Waals surface area contributed by atoms with E-state index in [9.17, 15) is 0 Å². The lowest BCUT2D eigenvalue weighted by Gasteiger charge is -2.23. The zero-order chi connectivity index (χ0) is 21.5. The van der Waals surface area contributed by atoms with Crippen LogP contribution in [-0.4, -0.2) is 13.2 Å². The molecule has 0 spiro atoms. The summed E-state index contributed by atoms with van der Waals surface area (Å²) in [6, 6.07) is 25.9. The second kappa shape index (κ2) is 8.16. The van der Waals surface area contributed by atoms with Gasteiger partial charge in [0.2, 0.25) is 0 Å². The minimum Gasteiger partial charge on any atom is -0.492 e. The van der Waals surface area contributed by atoms with Gasteiger partial charge in [0.1, 0.15) is 11.5 Å². The summed E-state index contributed by atoms with van der Waals surface area (Å²) in [7, 11) is 0. The van der Waals surface area contributed by atoms with Gasteiger partial charge in [0.05, 0.1) is 13.2 Å². The fourth-order valence-corrected chi connectivity index (χ4v) is 5.89. The number of fused-ring (bicyclic) bond motifs is 7. The van der Waals surface area contributed by atoms with Gasteiger partial charge in [0, 0.05) is 17.0 Å². The summed E-state index contributed by atoms with van der Waals surface area (Å²) in [4.78, 5) is 0. The molecule has 162 valence electrons. The molecule has 0 N–H and O–H groups in total. The number of benzene rings is 4. The molecule has 0 aromatic heterocycles. The lowest BCUT2D eigenvalue weighted by molar-refractivity contribution is 0.132. The maximum atomic E-state index is 6.64. The predicted octanol–water partition coefficient (Wildman–Crippen LogP) is 7.87. The molecule has 0 amide bonds. The first kappa shape index (κ1) is 19.7. The van der Waals surface area contributed by atoms with Crippen LogP contribution in [0, 0.1) is 17.8 Å². The molecule has 2 unspecified atom stereocenters. The van der Waals surface area contributed by atoms with Crippen LogP contribution in [-0.2, 0) is 0 Å². The Hall–Kier alpha value is -3.00. The Bertz CT molecular complexity index is 1190. The Morgan fingerprint density at radius 3 is 1.75 bits per heavy atom. The van der Waals surface area contributed by atoms with Gasteiger partial charge in [-0.25, -0.2) is 0 Å². The largest absolute Gasteiger partial charge is 0.492 e. The molecule has 2 nitrogen and oxygen atoms in total. The van der Waals surface area contributed by atoms with E-state index in [0.717, 1.165) is 41.8 Å². The first-order valence-corrected chi connectivity index (χ1v) is 12.1. The molecule has 2 atom stereocenters. The fourth-order valence-electron chi connectivity index (χ4n) is 5.89. The van der Waals surface area contributed by atoms with Crippen LogP contribution in [0.1, 0.15) is 32.6 Å². The van der Waals surface area contributed by atoms with Crippen molar-refractivity contribution in [2.75, 3.05) is 13.2 Å². The number of hydrogen-bond acceptors (Lipinski definition) is 2. The van der Waals surface area contributed by atoms with Crippen molar-refractivity contribution in [1.29, 1.82) is 0 Å². The maximum absolute atomic E-state index is 6.64. The van der Waals surface area contributed by atoms with Crippen molar-refractivity contribution in [2.24, 2.45) is 17.8 Å². The monoisotopic (exact) mass is 422 g/mol. The standard InChI is InChI=1S/C30H30O2/c1-2-20-11-12-23(17-20)24-18-31-27-15-13-21-7-3-5-9-25(21)29(27)30-26-10-6-4-8-22(26)14-16-28(30)32-19-24/h3-10,13-16,20,23-24H,2,11-12,17-19H2,1H3. The van der Waals surface area contributed by atoms with E-state index >= 15 is 0 Å². The summed E-state index contributed by atoms with van der Waals surface area (Å²) < 4.78 is 13.3. The third kappa shape index (κ3) is 3.33. The minimum atomic E-state index is 0.420. The van der Waals surface area contributed by atoms with Crippen molar-refractivity contribution in [2.45, 2.75) is 32.6 Å². The molecule has 4 aromatic rings. The minimum absolute atomic E-state index is 0.420. The smallest absolute Gasteiger partial charge is 0.127 e. The van der Waals surface area contributed by atoms with Gasteiger partial charge < -0.3 is 9.47 Å². The highest BCUT2D eigenvalue weighted by Crippen LogP contribution is 2.47. The van der Waals surface area contributed by atoms with E-state index in [2.05, 4.69) is 79.7 Å². The molecule has 1 fully saturated rings. The van der Waals surface area contributed by atoms with Gasteiger partial charge in [-0.15, -0.1) is 0 Å². The Labute approximate surface area is 190 Å². The number of ether oxygens (including phenoxy) is 2. The van der Waals surface area contributed by atoms with E-state index in [1.165, 1.54) is 47.2 Å². The number of hydrogen-bond donors (Lipinski definition) is 0. The molecule has 2 aliphatic rings. The second-order valence-corrected chi connectivity index (χ2v) is 9.55. The Kier molecular flexibility index (Phi) is 5.02. The quantitative estimate of drug-likeness (QED) is 0.327. The summed E-state index contributed by atoms with van der Waals surface area (Å²) in [6.45, 7) is 3.77. The Morgan fingerprint density at radius 2 is 1.22 bits per heavy atom. The van der Waals surface area contributed by atoms with Crippen molar-refractivity contribution in [1.82, 2.24) is 0 Å². The van der Waals surface area contributed by atoms with Crippen LogP contribution < -0.4 is 9.47 Å². The van der Waals surface area contributed by atoms with E-state index in [-0.39, 0.29) is 0 Å². The third-order valence-corrected chi connectivity index (χ3v) is 7.76. The molecule has 32 heavy (non-hydrogen) atoms. The van der Waals surface area contributed by atoms with Gasteiger partial charge in [0.15, 0.2) is 0 Å². The zero-order valence-corrected chi connectivity index (χ0v) is 18.7. The maximum Gasteiger partial charge on any atom is 0.127 e. The van der Waals surface area contributed by atoms with Gasteiger partial charge in [-0.1, -0.05) is 80.4 Å². The van der Waals surface area contributed by atoms with E-state index in [1.807, 2.05) is 0 Å². The SMILES string of the molecule is CCC1CCC(C2COc3ccc4ccccc4c3-c3c(ccc4ccccc34)OC2)C1. The van der Waals surface area contributed by atoms with Gasteiger partial charge in [0.25, 0.3) is 0 Å². The first-order valence-electron chi connectivity index (χ1n) is 12.1. The molecule has 2 heteroatoms. The Balaban J connectivity index is 1.54. The lowest BCUT2D eigenvalue weighted by Crippen LogP contribution is -2.26. The summed E-state index contributed by atoms with van der Waals surface area (Å²) in [5.41, 5.74) is 2.32. The van der Waals surface area contributed by atoms with Crippen LogP contribution in [0.3, 0.4) is 0 Å². The van der Waals surface area contributed by atoms with Crippen LogP contribution in [0.25, 0.3) is 32.7 Å². The van der Waals surface area contributed by atoms with Crippen LogP contribution in [0.2, 0.25) is 0 Å². The molecule has 0 radical (unpaired) electrons.